The first kappa shape index (κ1) is 15.3. The molecule has 0 atom stereocenters. The van der Waals surface area contributed by atoms with Crippen LogP contribution in [0.2, 0.25) is 0 Å². The number of hydrogen-bond donors (Lipinski definition) is 0. The van der Waals surface area contributed by atoms with Crippen LogP contribution in [0.1, 0.15) is 44.1 Å². The van der Waals surface area contributed by atoms with Gasteiger partial charge in [-0.1, -0.05) is 18.9 Å². The van der Waals surface area contributed by atoms with Gasteiger partial charge in [-0.2, -0.15) is 0 Å². The quantitative estimate of drug-likeness (QED) is 0.858. The summed E-state index contributed by atoms with van der Waals surface area (Å²) in [5.74, 6) is 1.99. The van der Waals surface area contributed by atoms with Crippen molar-refractivity contribution < 1.29 is 9.53 Å². The van der Waals surface area contributed by atoms with E-state index in [0.29, 0.717) is 24.3 Å². The first-order valence-corrected chi connectivity index (χ1v) is 8.57. The van der Waals surface area contributed by atoms with Gasteiger partial charge in [-0.05, 0) is 44.6 Å². The van der Waals surface area contributed by atoms with Gasteiger partial charge < -0.3 is 9.64 Å². The Labute approximate surface area is 132 Å². The number of hydrogen-bond acceptors (Lipinski definition) is 3. The molecule has 1 saturated heterocycles. The fourth-order valence-electron chi connectivity index (χ4n) is 3.57. The number of aryl methyl sites for hydroxylation is 1. The Morgan fingerprint density at radius 3 is 2.68 bits per heavy atom. The zero-order chi connectivity index (χ0) is 15.4. The van der Waals surface area contributed by atoms with E-state index in [1.54, 1.807) is 6.20 Å². The molecule has 0 aromatic carbocycles. The van der Waals surface area contributed by atoms with Crippen LogP contribution in [-0.2, 0) is 4.79 Å². The van der Waals surface area contributed by atoms with Gasteiger partial charge in [-0.15, -0.1) is 0 Å². The third-order valence-corrected chi connectivity index (χ3v) is 5.05. The van der Waals surface area contributed by atoms with E-state index in [1.165, 1.54) is 12.8 Å². The van der Waals surface area contributed by atoms with E-state index in [9.17, 15) is 4.79 Å². The van der Waals surface area contributed by atoms with Crippen molar-refractivity contribution in [2.75, 3.05) is 19.7 Å². The summed E-state index contributed by atoms with van der Waals surface area (Å²) in [6, 6.07) is 3.94. The van der Waals surface area contributed by atoms with E-state index >= 15 is 0 Å². The Hall–Kier alpha value is -1.58. The molecule has 1 aromatic rings. The highest BCUT2D eigenvalue weighted by atomic mass is 16.5. The number of ether oxygens (including phenoxy) is 1. The van der Waals surface area contributed by atoms with Gasteiger partial charge in [-0.3, -0.25) is 4.79 Å². The van der Waals surface area contributed by atoms with E-state index < -0.39 is 0 Å². The Balaban J connectivity index is 1.44. The second-order valence-corrected chi connectivity index (χ2v) is 6.69. The lowest BCUT2D eigenvalue weighted by atomic mass is 9.96. The smallest absolute Gasteiger partial charge is 0.225 e. The van der Waals surface area contributed by atoms with Crippen LogP contribution in [0.5, 0.6) is 5.88 Å². The summed E-state index contributed by atoms with van der Waals surface area (Å²) in [5.41, 5.74) is 1.08. The first-order chi connectivity index (χ1) is 10.7. The summed E-state index contributed by atoms with van der Waals surface area (Å²) in [7, 11) is 0. The molecule has 120 valence electrons. The highest BCUT2D eigenvalue weighted by Gasteiger charge is 2.30. The molecule has 2 aliphatic rings. The standard InChI is InChI=1S/C18H26N2O2/c1-14-5-4-10-19-17(14)22-13-15-8-11-20(12-9-15)18(21)16-6-2-3-7-16/h4-5,10,15-16H,2-3,6-9,11-13H2,1H3. The van der Waals surface area contributed by atoms with E-state index in [4.69, 9.17) is 4.74 Å². The number of amides is 1. The SMILES string of the molecule is Cc1cccnc1OCC1CCN(C(=O)C2CCCC2)CC1. The summed E-state index contributed by atoms with van der Waals surface area (Å²) in [4.78, 5) is 18.8. The fraction of sp³-hybridized carbons (Fsp3) is 0.667. The third-order valence-electron chi connectivity index (χ3n) is 5.05. The molecule has 1 aliphatic carbocycles. The lowest BCUT2D eigenvalue weighted by Crippen LogP contribution is -2.42. The predicted octanol–water partition coefficient (Wildman–Crippen LogP) is 3.20. The van der Waals surface area contributed by atoms with E-state index in [-0.39, 0.29) is 0 Å². The van der Waals surface area contributed by atoms with Crippen LogP contribution in [0.15, 0.2) is 18.3 Å². The van der Waals surface area contributed by atoms with E-state index in [2.05, 4.69) is 9.88 Å². The number of likely N-dealkylation sites (tertiary alicyclic amines) is 1. The van der Waals surface area contributed by atoms with Crippen LogP contribution in [0.25, 0.3) is 0 Å². The molecule has 1 amide bonds. The number of piperidine rings is 1. The van der Waals surface area contributed by atoms with Crippen LogP contribution >= 0.6 is 0 Å². The molecule has 2 heterocycles. The zero-order valence-corrected chi connectivity index (χ0v) is 13.5. The maximum absolute atomic E-state index is 12.4. The van der Waals surface area contributed by atoms with Gasteiger partial charge in [0.15, 0.2) is 0 Å². The van der Waals surface area contributed by atoms with Crippen LogP contribution < -0.4 is 4.74 Å². The van der Waals surface area contributed by atoms with Crippen molar-refractivity contribution in [1.82, 2.24) is 9.88 Å². The maximum atomic E-state index is 12.4. The summed E-state index contributed by atoms with van der Waals surface area (Å²) < 4.78 is 5.86. The average molecular weight is 302 g/mol. The lowest BCUT2D eigenvalue weighted by molar-refractivity contribution is -0.136. The number of carbonyl (C=O) groups excluding carboxylic acids is 1. The highest BCUT2D eigenvalue weighted by molar-refractivity contribution is 5.79. The Morgan fingerprint density at radius 1 is 1.27 bits per heavy atom. The molecule has 0 spiro atoms. The molecule has 1 aromatic heterocycles. The van der Waals surface area contributed by atoms with Crippen LogP contribution in [0, 0.1) is 18.8 Å². The minimum absolute atomic E-state index is 0.309. The number of nitrogens with zero attached hydrogens (tertiary/aromatic N) is 2. The van der Waals surface area contributed by atoms with Crippen LogP contribution in [0.3, 0.4) is 0 Å². The molecular weight excluding hydrogens is 276 g/mol. The number of carbonyl (C=O) groups is 1. The predicted molar refractivity (Wildman–Crippen MR) is 85.7 cm³/mol. The summed E-state index contributed by atoms with van der Waals surface area (Å²) in [6.45, 7) is 4.52. The normalized spacial score (nSPS) is 20.3. The molecule has 3 rings (SSSR count). The molecule has 0 bridgehead atoms. The molecule has 1 saturated carbocycles. The van der Waals surface area contributed by atoms with Crippen molar-refractivity contribution >= 4 is 5.91 Å². The largest absolute Gasteiger partial charge is 0.477 e. The second-order valence-electron chi connectivity index (χ2n) is 6.69. The van der Waals surface area contributed by atoms with Crippen molar-refractivity contribution in [3.05, 3.63) is 23.9 Å². The minimum Gasteiger partial charge on any atom is -0.477 e. The van der Waals surface area contributed by atoms with Crippen LogP contribution in [-0.4, -0.2) is 35.5 Å². The highest BCUT2D eigenvalue weighted by Crippen LogP contribution is 2.28. The Bertz CT molecular complexity index is 504. The number of rotatable bonds is 4. The molecule has 1 aliphatic heterocycles. The first-order valence-electron chi connectivity index (χ1n) is 8.57. The molecule has 0 radical (unpaired) electrons. The van der Waals surface area contributed by atoms with Gasteiger partial charge in [0.05, 0.1) is 6.61 Å². The van der Waals surface area contributed by atoms with E-state index in [1.807, 2.05) is 19.1 Å². The van der Waals surface area contributed by atoms with Crippen LogP contribution in [0.4, 0.5) is 0 Å². The number of aromatic nitrogens is 1. The summed E-state index contributed by atoms with van der Waals surface area (Å²) in [5, 5.41) is 0. The summed E-state index contributed by atoms with van der Waals surface area (Å²) >= 11 is 0. The molecule has 4 heteroatoms. The average Bonchev–Trinajstić information content (AvgIpc) is 3.08. The van der Waals surface area contributed by atoms with Gasteiger partial charge in [0.1, 0.15) is 0 Å². The minimum atomic E-state index is 0.309. The zero-order valence-electron chi connectivity index (χ0n) is 13.5. The van der Waals surface area contributed by atoms with Gasteiger partial charge in [0, 0.05) is 30.8 Å². The Morgan fingerprint density at radius 2 is 2.00 bits per heavy atom. The Kier molecular flexibility index (Phi) is 4.96. The molecular formula is C18H26N2O2. The van der Waals surface area contributed by atoms with Crippen molar-refractivity contribution in [2.45, 2.75) is 45.4 Å². The fourth-order valence-corrected chi connectivity index (χ4v) is 3.57. The van der Waals surface area contributed by atoms with Gasteiger partial charge in [-0.25, -0.2) is 4.98 Å². The lowest BCUT2D eigenvalue weighted by Gasteiger charge is -2.33. The third kappa shape index (κ3) is 3.60. The molecule has 2 fully saturated rings. The monoisotopic (exact) mass is 302 g/mol. The number of pyridine rings is 1. The molecule has 22 heavy (non-hydrogen) atoms. The van der Waals surface area contributed by atoms with Gasteiger partial charge in [0.2, 0.25) is 11.8 Å². The molecule has 0 unspecified atom stereocenters. The second kappa shape index (κ2) is 7.12. The topological polar surface area (TPSA) is 42.4 Å². The van der Waals surface area contributed by atoms with Crippen molar-refractivity contribution in [3.8, 4) is 5.88 Å². The van der Waals surface area contributed by atoms with Crippen molar-refractivity contribution in [3.63, 3.8) is 0 Å². The summed E-state index contributed by atoms with van der Waals surface area (Å²) in [6.07, 6.45) is 8.51. The molecule has 0 N–H and O–H groups in total. The van der Waals surface area contributed by atoms with Crippen molar-refractivity contribution in [1.29, 1.82) is 0 Å². The van der Waals surface area contributed by atoms with Crippen molar-refractivity contribution in [2.24, 2.45) is 11.8 Å². The van der Waals surface area contributed by atoms with Gasteiger partial charge >= 0.3 is 0 Å². The van der Waals surface area contributed by atoms with E-state index in [0.717, 1.165) is 50.2 Å². The maximum Gasteiger partial charge on any atom is 0.225 e. The molecule has 4 nitrogen and oxygen atoms in total. The van der Waals surface area contributed by atoms with Gasteiger partial charge in [0.25, 0.3) is 0 Å².